The van der Waals surface area contributed by atoms with Crippen LogP contribution >= 0.6 is 0 Å². The molecule has 0 saturated carbocycles. The summed E-state index contributed by atoms with van der Waals surface area (Å²) in [5.74, 6) is -1.17. The Morgan fingerprint density at radius 2 is 1.80 bits per heavy atom. The molecule has 0 amide bonds. The second kappa shape index (κ2) is 7.50. The van der Waals surface area contributed by atoms with Crippen LogP contribution in [0.2, 0.25) is 0 Å². The van der Waals surface area contributed by atoms with Gasteiger partial charge in [0.1, 0.15) is 24.3 Å². The number of esters is 1. The fraction of sp³-hybridized carbons (Fsp3) is 0.786. The summed E-state index contributed by atoms with van der Waals surface area (Å²) in [6.45, 7) is 5.16. The second-order valence-electron chi connectivity index (χ2n) is 5.27. The van der Waals surface area contributed by atoms with E-state index in [4.69, 9.17) is 14.2 Å². The second-order valence-corrected chi connectivity index (χ2v) is 5.27. The average molecular weight is 286 g/mol. The van der Waals surface area contributed by atoms with Gasteiger partial charge in [-0.2, -0.15) is 0 Å². The zero-order valence-electron chi connectivity index (χ0n) is 12.3. The van der Waals surface area contributed by atoms with E-state index in [0.29, 0.717) is 19.4 Å². The minimum atomic E-state index is -0.790. The molecule has 114 valence electrons. The van der Waals surface area contributed by atoms with Crippen molar-refractivity contribution in [2.45, 2.75) is 58.3 Å². The van der Waals surface area contributed by atoms with Gasteiger partial charge in [-0.05, 0) is 20.8 Å². The minimum absolute atomic E-state index is 0.0424. The third kappa shape index (κ3) is 6.25. The van der Waals surface area contributed by atoms with Crippen molar-refractivity contribution in [2.24, 2.45) is 0 Å². The summed E-state index contributed by atoms with van der Waals surface area (Å²) in [4.78, 5) is 33.1. The first-order chi connectivity index (χ1) is 9.31. The van der Waals surface area contributed by atoms with Crippen LogP contribution in [0.5, 0.6) is 0 Å². The van der Waals surface area contributed by atoms with E-state index < -0.39 is 11.8 Å². The van der Waals surface area contributed by atoms with Crippen LogP contribution in [-0.4, -0.2) is 42.6 Å². The Hall–Kier alpha value is -1.27. The highest BCUT2D eigenvalue weighted by atomic mass is 16.7. The Bertz CT molecular complexity index is 378. The van der Waals surface area contributed by atoms with E-state index in [1.165, 1.54) is 13.8 Å². The Kier molecular flexibility index (Phi) is 6.29. The van der Waals surface area contributed by atoms with Crippen molar-refractivity contribution in [3.63, 3.8) is 0 Å². The van der Waals surface area contributed by atoms with Crippen molar-refractivity contribution in [1.82, 2.24) is 0 Å². The first kappa shape index (κ1) is 16.8. The predicted octanol–water partition coefficient (Wildman–Crippen LogP) is 1.40. The van der Waals surface area contributed by atoms with Crippen molar-refractivity contribution in [1.29, 1.82) is 0 Å². The molecule has 2 unspecified atom stereocenters. The lowest BCUT2D eigenvalue weighted by molar-refractivity contribution is -0.170. The predicted molar refractivity (Wildman–Crippen MR) is 70.0 cm³/mol. The topological polar surface area (TPSA) is 78.9 Å². The Morgan fingerprint density at radius 3 is 2.40 bits per heavy atom. The van der Waals surface area contributed by atoms with E-state index in [1.54, 1.807) is 6.92 Å². The monoisotopic (exact) mass is 286 g/mol. The molecule has 1 saturated heterocycles. The highest BCUT2D eigenvalue weighted by Gasteiger charge is 2.37. The van der Waals surface area contributed by atoms with Crippen LogP contribution in [0.4, 0.5) is 0 Å². The smallest absolute Gasteiger partial charge is 0.306 e. The van der Waals surface area contributed by atoms with Crippen LogP contribution < -0.4 is 0 Å². The van der Waals surface area contributed by atoms with Crippen LogP contribution in [-0.2, 0) is 28.6 Å². The van der Waals surface area contributed by atoms with Gasteiger partial charge in [0.25, 0.3) is 0 Å². The molecule has 1 fully saturated rings. The van der Waals surface area contributed by atoms with Crippen LogP contribution in [0.15, 0.2) is 0 Å². The van der Waals surface area contributed by atoms with Crippen LogP contribution in [0.3, 0.4) is 0 Å². The standard InChI is InChI=1S/C14H22O6/c1-10(15)4-5-13(17)18-8-12-9-19-14(3,20-12)7-6-11(2)16/h12H,4-9H2,1-3H3. The first-order valence-corrected chi connectivity index (χ1v) is 6.77. The summed E-state index contributed by atoms with van der Waals surface area (Å²) in [5, 5.41) is 0. The van der Waals surface area contributed by atoms with Crippen LogP contribution in [0.25, 0.3) is 0 Å². The summed E-state index contributed by atoms with van der Waals surface area (Å²) in [6, 6.07) is 0. The fourth-order valence-electron chi connectivity index (χ4n) is 1.84. The molecule has 0 aromatic carbocycles. The third-order valence-electron chi connectivity index (χ3n) is 3.03. The first-order valence-electron chi connectivity index (χ1n) is 6.77. The zero-order chi connectivity index (χ0) is 15.2. The van der Waals surface area contributed by atoms with Gasteiger partial charge in [0.05, 0.1) is 13.0 Å². The Labute approximate surface area is 118 Å². The molecule has 6 nitrogen and oxygen atoms in total. The van der Waals surface area contributed by atoms with Gasteiger partial charge in [-0.3, -0.25) is 4.79 Å². The maximum absolute atomic E-state index is 11.4. The average Bonchev–Trinajstić information content (AvgIpc) is 2.74. The van der Waals surface area contributed by atoms with Gasteiger partial charge < -0.3 is 23.8 Å². The van der Waals surface area contributed by atoms with Gasteiger partial charge in [0.2, 0.25) is 0 Å². The number of ether oxygens (including phenoxy) is 3. The third-order valence-corrected chi connectivity index (χ3v) is 3.03. The highest BCUT2D eigenvalue weighted by Crippen LogP contribution is 2.28. The van der Waals surface area contributed by atoms with Gasteiger partial charge in [-0.15, -0.1) is 0 Å². The molecule has 0 aromatic rings. The molecular formula is C14H22O6. The summed E-state index contributed by atoms with van der Waals surface area (Å²) < 4.78 is 16.2. The Balaban J connectivity index is 2.25. The maximum atomic E-state index is 11.4. The fourth-order valence-corrected chi connectivity index (χ4v) is 1.84. The summed E-state index contributed by atoms with van der Waals surface area (Å²) in [5.41, 5.74) is 0. The van der Waals surface area contributed by atoms with Crippen molar-refractivity contribution < 1.29 is 28.6 Å². The summed E-state index contributed by atoms with van der Waals surface area (Å²) >= 11 is 0. The van der Waals surface area contributed by atoms with E-state index in [0.717, 1.165) is 0 Å². The largest absolute Gasteiger partial charge is 0.463 e. The molecule has 20 heavy (non-hydrogen) atoms. The van der Waals surface area contributed by atoms with E-state index in [9.17, 15) is 14.4 Å². The van der Waals surface area contributed by atoms with Gasteiger partial charge in [0, 0.05) is 19.3 Å². The molecule has 6 heteroatoms. The number of Topliss-reactive ketones (excluding diaryl/α,β-unsaturated/α-hetero) is 2. The lowest BCUT2D eigenvalue weighted by Gasteiger charge is -2.22. The van der Waals surface area contributed by atoms with E-state index in [-0.39, 0.29) is 37.1 Å². The maximum Gasteiger partial charge on any atom is 0.306 e. The van der Waals surface area contributed by atoms with Gasteiger partial charge in [-0.1, -0.05) is 0 Å². The molecule has 1 heterocycles. The van der Waals surface area contributed by atoms with Crippen molar-refractivity contribution in [2.75, 3.05) is 13.2 Å². The molecular weight excluding hydrogens is 264 g/mol. The van der Waals surface area contributed by atoms with Gasteiger partial charge in [0.15, 0.2) is 5.79 Å². The summed E-state index contributed by atoms with van der Waals surface area (Å²) in [7, 11) is 0. The molecule has 0 bridgehead atoms. The molecule has 0 N–H and O–H groups in total. The van der Waals surface area contributed by atoms with Crippen LogP contribution in [0, 0.1) is 0 Å². The molecule has 0 aromatic heterocycles. The molecule has 1 aliphatic heterocycles. The molecule has 1 rings (SSSR count). The highest BCUT2D eigenvalue weighted by molar-refractivity contribution is 5.80. The SMILES string of the molecule is CC(=O)CCC(=O)OCC1COC(C)(CCC(C)=O)O1. The number of hydrogen-bond donors (Lipinski definition) is 0. The molecule has 0 aliphatic carbocycles. The summed E-state index contributed by atoms with van der Waals surface area (Å²) in [6.07, 6.45) is 0.828. The lowest BCUT2D eigenvalue weighted by atomic mass is 10.1. The van der Waals surface area contributed by atoms with Crippen molar-refractivity contribution >= 4 is 17.5 Å². The molecule has 1 aliphatic rings. The number of ketones is 2. The number of carbonyl (C=O) groups excluding carboxylic acids is 3. The lowest BCUT2D eigenvalue weighted by Crippen LogP contribution is -2.29. The Morgan fingerprint density at radius 1 is 1.15 bits per heavy atom. The molecule has 2 atom stereocenters. The quantitative estimate of drug-likeness (QED) is 0.628. The van der Waals surface area contributed by atoms with Crippen LogP contribution in [0.1, 0.15) is 46.5 Å². The van der Waals surface area contributed by atoms with E-state index >= 15 is 0 Å². The van der Waals surface area contributed by atoms with Gasteiger partial charge in [-0.25, -0.2) is 0 Å². The number of hydrogen-bond acceptors (Lipinski definition) is 6. The van der Waals surface area contributed by atoms with Crippen molar-refractivity contribution in [3.05, 3.63) is 0 Å². The molecule has 0 spiro atoms. The molecule has 0 radical (unpaired) electrons. The zero-order valence-corrected chi connectivity index (χ0v) is 12.3. The van der Waals surface area contributed by atoms with E-state index in [1.807, 2.05) is 0 Å². The van der Waals surface area contributed by atoms with Gasteiger partial charge >= 0.3 is 5.97 Å². The van der Waals surface area contributed by atoms with Crippen molar-refractivity contribution in [3.8, 4) is 0 Å². The van der Waals surface area contributed by atoms with E-state index in [2.05, 4.69) is 0 Å². The number of rotatable bonds is 8. The number of carbonyl (C=O) groups is 3. The normalized spacial score (nSPS) is 25.4. The minimum Gasteiger partial charge on any atom is -0.463 e.